The SMILES string of the molecule is O=C(NCCc1ccccn1)C(=O)[N+]1(C(=O)c2ccc(Cl)cc2)CCCC1. The molecule has 0 unspecified atom stereocenters. The Hall–Kier alpha value is -2.57. The van der Waals surface area contributed by atoms with Crippen LogP contribution in [-0.2, 0) is 16.0 Å². The predicted octanol–water partition coefficient (Wildman–Crippen LogP) is 2.37. The Labute approximate surface area is 162 Å². The van der Waals surface area contributed by atoms with E-state index in [4.69, 9.17) is 11.6 Å². The van der Waals surface area contributed by atoms with Crippen LogP contribution in [0.3, 0.4) is 0 Å². The molecule has 1 aromatic carbocycles. The second kappa shape index (κ2) is 8.41. The molecule has 2 heterocycles. The summed E-state index contributed by atoms with van der Waals surface area (Å²) in [4.78, 5) is 42.6. The molecular weight excluding hydrogens is 366 g/mol. The van der Waals surface area contributed by atoms with Crippen molar-refractivity contribution in [3.8, 4) is 0 Å². The molecule has 3 amide bonds. The van der Waals surface area contributed by atoms with Crippen molar-refractivity contribution in [2.75, 3.05) is 19.6 Å². The summed E-state index contributed by atoms with van der Waals surface area (Å²) < 4.78 is -0.461. The molecule has 1 aromatic heterocycles. The minimum atomic E-state index is -0.727. The molecule has 0 radical (unpaired) electrons. The van der Waals surface area contributed by atoms with Crippen molar-refractivity contribution in [1.82, 2.24) is 10.3 Å². The summed E-state index contributed by atoms with van der Waals surface area (Å²) in [6.45, 7) is 0.971. The number of hydrogen-bond donors (Lipinski definition) is 1. The van der Waals surface area contributed by atoms with E-state index in [1.54, 1.807) is 30.5 Å². The zero-order valence-electron chi connectivity index (χ0n) is 14.9. The fraction of sp³-hybridized carbons (Fsp3) is 0.300. The molecule has 1 fully saturated rings. The Bertz CT molecular complexity index is 831. The van der Waals surface area contributed by atoms with Crippen LogP contribution in [0.25, 0.3) is 0 Å². The number of rotatable bonds is 4. The van der Waals surface area contributed by atoms with Gasteiger partial charge in [-0.2, -0.15) is 4.48 Å². The Morgan fingerprint density at radius 2 is 1.74 bits per heavy atom. The lowest BCUT2D eigenvalue weighted by atomic mass is 10.1. The van der Waals surface area contributed by atoms with Crippen LogP contribution in [0.5, 0.6) is 0 Å². The van der Waals surface area contributed by atoms with Gasteiger partial charge in [0.2, 0.25) is 0 Å². The normalized spacial score (nSPS) is 15.3. The first kappa shape index (κ1) is 19.2. The number of carbonyl (C=O) groups excluding carboxylic acids is 3. The van der Waals surface area contributed by atoms with E-state index in [-0.39, 0.29) is 12.5 Å². The van der Waals surface area contributed by atoms with Gasteiger partial charge < -0.3 is 5.32 Å². The second-order valence-corrected chi connectivity index (χ2v) is 7.00. The summed E-state index contributed by atoms with van der Waals surface area (Å²) in [6.07, 6.45) is 3.65. The second-order valence-electron chi connectivity index (χ2n) is 6.57. The van der Waals surface area contributed by atoms with Crippen molar-refractivity contribution in [2.45, 2.75) is 19.3 Å². The standard InChI is InChI=1S/C20H20ClN3O3/c21-16-8-6-15(7-9-16)19(26)24(13-3-4-14-24)20(27)18(25)23-12-10-17-5-1-2-11-22-17/h1-2,5-9,11H,3-4,10,12-14H2/p+1. The number of aromatic nitrogens is 1. The van der Waals surface area contributed by atoms with Gasteiger partial charge in [0.25, 0.3) is 0 Å². The third-order valence-electron chi connectivity index (χ3n) is 4.79. The average Bonchev–Trinajstić information content (AvgIpc) is 3.19. The first-order valence-electron chi connectivity index (χ1n) is 8.93. The number of pyridine rings is 1. The number of amides is 3. The highest BCUT2D eigenvalue weighted by atomic mass is 35.5. The molecule has 1 saturated heterocycles. The van der Waals surface area contributed by atoms with Crippen LogP contribution in [0, 0.1) is 0 Å². The van der Waals surface area contributed by atoms with E-state index >= 15 is 0 Å². The van der Waals surface area contributed by atoms with Crippen LogP contribution in [0.1, 0.15) is 28.9 Å². The van der Waals surface area contributed by atoms with Gasteiger partial charge in [-0.05, 0) is 36.4 Å². The summed E-state index contributed by atoms with van der Waals surface area (Å²) in [5.41, 5.74) is 1.21. The molecule has 6 nitrogen and oxygen atoms in total. The van der Waals surface area contributed by atoms with Crippen molar-refractivity contribution in [3.05, 3.63) is 64.9 Å². The fourth-order valence-electron chi connectivity index (χ4n) is 3.33. The Morgan fingerprint density at radius 3 is 2.37 bits per heavy atom. The van der Waals surface area contributed by atoms with Crippen molar-refractivity contribution in [3.63, 3.8) is 0 Å². The Morgan fingerprint density at radius 1 is 1.04 bits per heavy atom. The van der Waals surface area contributed by atoms with E-state index in [0.717, 1.165) is 18.5 Å². The molecule has 1 aliphatic heterocycles. The molecule has 0 bridgehead atoms. The van der Waals surface area contributed by atoms with Crippen molar-refractivity contribution in [2.24, 2.45) is 0 Å². The van der Waals surface area contributed by atoms with E-state index in [1.165, 1.54) is 0 Å². The number of nitrogens with zero attached hydrogens (tertiary/aromatic N) is 2. The quantitative estimate of drug-likeness (QED) is 0.646. The lowest BCUT2D eigenvalue weighted by Gasteiger charge is -2.27. The molecule has 0 saturated carbocycles. The molecule has 3 rings (SSSR count). The summed E-state index contributed by atoms with van der Waals surface area (Å²) in [7, 11) is 0. The summed E-state index contributed by atoms with van der Waals surface area (Å²) in [5, 5.41) is 3.14. The first-order chi connectivity index (χ1) is 13.0. The van der Waals surface area contributed by atoms with Crippen LogP contribution in [0.4, 0.5) is 0 Å². The average molecular weight is 387 g/mol. The molecule has 27 heavy (non-hydrogen) atoms. The van der Waals surface area contributed by atoms with Crippen molar-refractivity contribution < 1.29 is 18.9 Å². The summed E-state index contributed by atoms with van der Waals surface area (Å²) in [6, 6.07) is 11.9. The topological polar surface area (TPSA) is 76.1 Å². The largest absolute Gasteiger partial charge is 0.411 e. The third-order valence-corrected chi connectivity index (χ3v) is 5.04. The molecule has 0 atom stereocenters. The predicted molar refractivity (Wildman–Crippen MR) is 101 cm³/mol. The van der Waals surface area contributed by atoms with E-state index < -0.39 is 16.3 Å². The maximum absolute atomic E-state index is 13.0. The van der Waals surface area contributed by atoms with Crippen LogP contribution >= 0.6 is 11.6 Å². The van der Waals surface area contributed by atoms with Crippen LogP contribution in [0.15, 0.2) is 48.7 Å². The molecule has 140 valence electrons. The molecule has 1 aliphatic rings. The molecular formula is C20H21ClN3O3+. The van der Waals surface area contributed by atoms with Gasteiger partial charge in [-0.25, -0.2) is 9.59 Å². The lowest BCUT2D eigenvalue weighted by molar-refractivity contribution is -0.754. The van der Waals surface area contributed by atoms with Gasteiger partial charge in [-0.15, -0.1) is 0 Å². The third kappa shape index (κ3) is 4.23. The van der Waals surface area contributed by atoms with Gasteiger partial charge in [-0.3, -0.25) is 9.78 Å². The Balaban J connectivity index is 1.69. The number of imide groups is 1. The zero-order valence-corrected chi connectivity index (χ0v) is 15.6. The maximum atomic E-state index is 13.0. The van der Waals surface area contributed by atoms with Crippen LogP contribution in [0.2, 0.25) is 5.02 Å². The lowest BCUT2D eigenvalue weighted by Crippen LogP contribution is -2.60. The van der Waals surface area contributed by atoms with Gasteiger partial charge in [-0.1, -0.05) is 17.7 Å². The maximum Gasteiger partial charge on any atom is 0.411 e. The van der Waals surface area contributed by atoms with Gasteiger partial charge in [0, 0.05) is 42.7 Å². The molecule has 7 heteroatoms. The van der Waals surface area contributed by atoms with E-state index in [2.05, 4.69) is 10.3 Å². The summed E-state index contributed by atoms with van der Waals surface area (Å²) in [5.74, 6) is -1.78. The minimum absolute atomic E-state index is 0.288. The number of hydrogen-bond acceptors (Lipinski definition) is 4. The van der Waals surface area contributed by atoms with Crippen LogP contribution < -0.4 is 5.32 Å². The van der Waals surface area contributed by atoms with Gasteiger partial charge in [0.15, 0.2) is 0 Å². The van der Waals surface area contributed by atoms with Crippen LogP contribution in [-0.4, -0.2) is 46.8 Å². The first-order valence-corrected chi connectivity index (χ1v) is 9.31. The van der Waals surface area contributed by atoms with E-state index in [9.17, 15) is 14.4 Å². The van der Waals surface area contributed by atoms with Gasteiger partial charge in [0.1, 0.15) is 0 Å². The number of quaternary nitrogens is 1. The highest BCUT2D eigenvalue weighted by molar-refractivity contribution is 6.34. The number of likely N-dealkylation sites (tertiary alicyclic amines) is 1. The molecule has 0 spiro atoms. The monoisotopic (exact) mass is 386 g/mol. The van der Waals surface area contributed by atoms with Gasteiger partial charge in [0.05, 0.1) is 18.7 Å². The molecule has 2 aromatic rings. The zero-order chi connectivity index (χ0) is 19.3. The minimum Gasteiger partial charge on any atom is -0.344 e. The molecule has 0 aliphatic carbocycles. The molecule has 1 N–H and O–H groups in total. The highest BCUT2D eigenvalue weighted by Gasteiger charge is 2.50. The number of nitrogens with one attached hydrogen (secondary N) is 1. The highest BCUT2D eigenvalue weighted by Crippen LogP contribution is 2.25. The fourth-order valence-corrected chi connectivity index (χ4v) is 3.46. The van der Waals surface area contributed by atoms with E-state index in [0.29, 0.717) is 30.1 Å². The smallest absolute Gasteiger partial charge is 0.344 e. The van der Waals surface area contributed by atoms with Crippen molar-refractivity contribution in [1.29, 1.82) is 0 Å². The number of benzene rings is 1. The Kier molecular flexibility index (Phi) is 5.98. The number of halogens is 1. The van der Waals surface area contributed by atoms with Gasteiger partial charge >= 0.3 is 17.7 Å². The summed E-state index contributed by atoms with van der Waals surface area (Å²) >= 11 is 5.88. The van der Waals surface area contributed by atoms with E-state index in [1.807, 2.05) is 18.2 Å². The number of carbonyl (C=O) groups is 3. The van der Waals surface area contributed by atoms with Crippen molar-refractivity contribution >= 4 is 29.3 Å².